The van der Waals surface area contributed by atoms with Crippen molar-refractivity contribution in [2.75, 3.05) is 5.73 Å². The highest BCUT2D eigenvalue weighted by molar-refractivity contribution is 5.93. The van der Waals surface area contributed by atoms with Crippen molar-refractivity contribution in [3.63, 3.8) is 0 Å². The zero-order valence-corrected chi connectivity index (χ0v) is 14.7. The van der Waals surface area contributed by atoms with E-state index in [0.29, 0.717) is 23.7 Å². The van der Waals surface area contributed by atoms with Gasteiger partial charge >= 0.3 is 0 Å². The van der Waals surface area contributed by atoms with E-state index in [2.05, 4.69) is 48.7 Å². The molecule has 3 heterocycles. The summed E-state index contributed by atoms with van der Waals surface area (Å²) in [6.07, 6.45) is 7.09. The lowest BCUT2D eigenvalue weighted by Crippen LogP contribution is -2.16. The van der Waals surface area contributed by atoms with Crippen LogP contribution in [0.3, 0.4) is 0 Å². The Morgan fingerprint density at radius 3 is 3.00 bits per heavy atom. The summed E-state index contributed by atoms with van der Waals surface area (Å²) in [7, 11) is 0. The minimum Gasteiger partial charge on any atom is -0.367 e. The van der Waals surface area contributed by atoms with E-state index in [-0.39, 0.29) is 7.37 Å². The number of rotatable bonds is 2. The van der Waals surface area contributed by atoms with Crippen molar-refractivity contribution in [2.24, 2.45) is 28.7 Å². The average Bonchev–Trinajstić information content (AvgIpc) is 3.16. The standard InChI is InChI=1S/C20H21N5.H2/c1-10(2)18-11(3)23-19-14(18)5-4-12(15-8-16(15)19)13-6-7-25-17(13)9-22-20(21)24-25;/h5-7,9-10,15-16,18H,8H2,1-3H3,(H2,21,24);1H. The topological polar surface area (TPSA) is 68.6 Å². The highest BCUT2D eigenvalue weighted by Gasteiger charge is 2.48. The zero-order valence-electron chi connectivity index (χ0n) is 14.7. The third kappa shape index (κ3) is 2.06. The Morgan fingerprint density at radius 1 is 1.36 bits per heavy atom. The molecular weight excluding hydrogens is 310 g/mol. The normalized spacial score (nSPS) is 27.3. The Hall–Kier alpha value is -2.65. The first-order chi connectivity index (χ1) is 12.0. The summed E-state index contributed by atoms with van der Waals surface area (Å²) >= 11 is 0. The molecule has 2 aliphatic carbocycles. The van der Waals surface area contributed by atoms with Gasteiger partial charge in [0.25, 0.3) is 0 Å². The number of nitrogens with two attached hydrogens (primary N) is 1. The van der Waals surface area contributed by atoms with Gasteiger partial charge in [-0.1, -0.05) is 13.8 Å². The Kier molecular flexibility index (Phi) is 2.89. The quantitative estimate of drug-likeness (QED) is 0.851. The van der Waals surface area contributed by atoms with Crippen LogP contribution in [0.5, 0.6) is 0 Å². The van der Waals surface area contributed by atoms with Crippen molar-refractivity contribution in [2.45, 2.75) is 27.2 Å². The number of allylic oxidation sites excluding steroid dienone is 3. The van der Waals surface area contributed by atoms with E-state index in [1.165, 1.54) is 22.6 Å². The van der Waals surface area contributed by atoms with Crippen LogP contribution in [0.4, 0.5) is 5.95 Å². The van der Waals surface area contributed by atoms with Gasteiger partial charge < -0.3 is 5.73 Å². The van der Waals surface area contributed by atoms with Crippen LogP contribution < -0.4 is 5.73 Å². The summed E-state index contributed by atoms with van der Waals surface area (Å²) in [6.45, 7) is 6.71. The van der Waals surface area contributed by atoms with Gasteiger partial charge in [-0.05, 0) is 37.0 Å². The molecular formula is C20H23N5. The fourth-order valence-corrected chi connectivity index (χ4v) is 4.51. The van der Waals surface area contributed by atoms with E-state index < -0.39 is 0 Å². The zero-order chi connectivity index (χ0) is 17.3. The molecule has 0 amide bonds. The van der Waals surface area contributed by atoms with E-state index in [0.717, 1.165) is 17.5 Å². The molecule has 1 saturated carbocycles. The summed E-state index contributed by atoms with van der Waals surface area (Å²) in [5.74, 6) is 2.29. The highest BCUT2D eigenvalue weighted by Crippen LogP contribution is 2.56. The van der Waals surface area contributed by atoms with Gasteiger partial charge in [0.2, 0.25) is 5.95 Å². The lowest BCUT2D eigenvalue weighted by molar-refractivity contribution is 0.563. The van der Waals surface area contributed by atoms with E-state index in [9.17, 15) is 0 Å². The van der Waals surface area contributed by atoms with Gasteiger partial charge in [0.1, 0.15) is 0 Å². The van der Waals surface area contributed by atoms with Gasteiger partial charge in [-0.3, -0.25) is 4.99 Å². The molecule has 5 rings (SSSR count). The molecule has 0 spiro atoms. The number of nitrogen functional groups attached to an aromatic ring is 1. The Bertz CT molecular complexity index is 1040. The molecule has 2 aromatic rings. The van der Waals surface area contributed by atoms with Gasteiger partial charge in [0, 0.05) is 47.9 Å². The maximum atomic E-state index is 5.70. The molecule has 2 aromatic heterocycles. The molecule has 0 aromatic carbocycles. The first-order valence-electron chi connectivity index (χ1n) is 8.90. The molecule has 3 atom stereocenters. The molecule has 0 saturated heterocycles. The van der Waals surface area contributed by atoms with Crippen LogP contribution in [0.1, 0.15) is 34.2 Å². The molecule has 5 nitrogen and oxygen atoms in total. The van der Waals surface area contributed by atoms with Crippen LogP contribution in [0.15, 0.2) is 46.5 Å². The first-order valence-corrected chi connectivity index (χ1v) is 8.90. The fourth-order valence-electron chi connectivity index (χ4n) is 4.51. The smallest absolute Gasteiger partial charge is 0.238 e. The largest absolute Gasteiger partial charge is 0.367 e. The third-order valence-electron chi connectivity index (χ3n) is 5.66. The minimum atomic E-state index is 0. The molecule has 1 fully saturated rings. The summed E-state index contributed by atoms with van der Waals surface area (Å²) in [5, 5.41) is 4.26. The number of aromatic nitrogens is 3. The summed E-state index contributed by atoms with van der Waals surface area (Å²) in [4.78, 5) is 9.11. The monoisotopic (exact) mass is 333 g/mol. The minimum absolute atomic E-state index is 0. The number of anilines is 1. The molecule has 0 bridgehead atoms. The predicted molar refractivity (Wildman–Crippen MR) is 101 cm³/mol. The maximum Gasteiger partial charge on any atom is 0.238 e. The molecule has 0 radical (unpaired) electrons. The maximum absolute atomic E-state index is 5.70. The highest BCUT2D eigenvalue weighted by atomic mass is 15.3. The van der Waals surface area contributed by atoms with Crippen molar-refractivity contribution in [3.8, 4) is 0 Å². The van der Waals surface area contributed by atoms with Crippen molar-refractivity contribution in [3.05, 3.63) is 47.1 Å². The molecule has 128 valence electrons. The number of fused-ring (bicyclic) bond motifs is 3. The van der Waals surface area contributed by atoms with Crippen LogP contribution in [0, 0.1) is 23.7 Å². The second-order valence-corrected chi connectivity index (χ2v) is 7.64. The SMILES string of the molecule is CC1=NC2=C(C=C=C(c3ccn4nc(N)ncc34)C3CC23)C1C(C)C.[HH]. The number of nitrogens with zero attached hydrogens (tertiary/aromatic N) is 4. The molecule has 3 unspecified atom stereocenters. The van der Waals surface area contributed by atoms with Crippen LogP contribution >= 0.6 is 0 Å². The first kappa shape index (κ1) is 14.7. The van der Waals surface area contributed by atoms with E-state index in [1.54, 1.807) is 10.7 Å². The second-order valence-electron chi connectivity index (χ2n) is 7.64. The molecule has 3 aliphatic rings. The number of hydrogen-bond donors (Lipinski definition) is 1. The van der Waals surface area contributed by atoms with Crippen molar-refractivity contribution in [1.82, 2.24) is 14.6 Å². The molecule has 1 aliphatic heterocycles. The van der Waals surface area contributed by atoms with Gasteiger partial charge in [-0.15, -0.1) is 10.8 Å². The Labute approximate surface area is 148 Å². The van der Waals surface area contributed by atoms with Crippen LogP contribution in [-0.2, 0) is 0 Å². The average molecular weight is 333 g/mol. The third-order valence-corrected chi connectivity index (χ3v) is 5.66. The van der Waals surface area contributed by atoms with E-state index in [1.807, 2.05) is 6.20 Å². The predicted octanol–water partition coefficient (Wildman–Crippen LogP) is 3.75. The fraction of sp³-hybridized carbons (Fsp3) is 0.400. The molecule has 5 heteroatoms. The van der Waals surface area contributed by atoms with Crippen molar-refractivity contribution in [1.29, 1.82) is 0 Å². The van der Waals surface area contributed by atoms with E-state index in [4.69, 9.17) is 10.7 Å². The molecule has 2 N–H and O–H groups in total. The van der Waals surface area contributed by atoms with Gasteiger partial charge in [-0.25, -0.2) is 9.50 Å². The Balaban J connectivity index is 0.00000168. The molecule has 25 heavy (non-hydrogen) atoms. The lowest BCUT2D eigenvalue weighted by Gasteiger charge is -2.17. The van der Waals surface area contributed by atoms with Gasteiger partial charge in [0.15, 0.2) is 0 Å². The van der Waals surface area contributed by atoms with Crippen molar-refractivity contribution >= 4 is 22.7 Å². The summed E-state index contributed by atoms with van der Waals surface area (Å²) < 4.78 is 1.80. The van der Waals surface area contributed by atoms with Gasteiger partial charge in [-0.2, -0.15) is 0 Å². The summed E-state index contributed by atoms with van der Waals surface area (Å²) in [5.41, 5.74) is 16.6. The lowest BCUT2D eigenvalue weighted by atomic mass is 9.85. The van der Waals surface area contributed by atoms with Gasteiger partial charge in [0.05, 0.1) is 11.7 Å². The van der Waals surface area contributed by atoms with Crippen molar-refractivity contribution < 1.29 is 1.43 Å². The van der Waals surface area contributed by atoms with Crippen LogP contribution in [0.25, 0.3) is 11.1 Å². The van der Waals surface area contributed by atoms with Crippen LogP contribution in [0.2, 0.25) is 0 Å². The van der Waals surface area contributed by atoms with Crippen LogP contribution in [-0.4, -0.2) is 20.3 Å². The second kappa shape index (κ2) is 4.93. The summed E-state index contributed by atoms with van der Waals surface area (Å²) in [6, 6.07) is 2.10. The Morgan fingerprint density at radius 2 is 2.20 bits per heavy atom. The number of aliphatic imine (C=N–C) groups is 1. The van der Waals surface area contributed by atoms with E-state index >= 15 is 0 Å². The number of hydrogen-bond acceptors (Lipinski definition) is 4.